The zero-order chi connectivity index (χ0) is 15.1. The number of methoxy groups -OCH3 is 1. The molecule has 1 saturated heterocycles. The molecule has 1 aliphatic rings. The number of hydrogen-bond acceptors (Lipinski definition) is 5. The fourth-order valence-electron chi connectivity index (χ4n) is 2.75. The van der Waals surface area contributed by atoms with Crippen molar-refractivity contribution >= 4 is 5.82 Å². The topological polar surface area (TPSA) is 50.3 Å². The molecule has 5 heteroatoms. The number of rotatable bonds is 7. The molecule has 0 bridgehead atoms. The molecule has 1 atom stereocenters. The summed E-state index contributed by atoms with van der Waals surface area (Å²) in [6.07, 6.45) is 2.45. The zero-order valence-corrected chi connectivity index (χ0v) is 13.5. The largest absolute Gasteiger partial charge is 0.384 e. The minimum Gasteiger partial charge on any atom is -0.384 e. The number of piperidine rings is 1. The molecule has 0 aliphatic carbocycles. The normalized spacial score (nSPS) is 19.2. The maximum atomic E-state index is 5.28. The molecule has 2 heterocycles. The van der Waals surface area contributed by atoms with E-state index < -0.39 is 0 Å². The van der Waals surface area contributed by atoms with Gasteiger partial charge in [0.15, 0.2) is 5.82 Å². The van der Waals surface area contributed by atoms with Gasteiger partial charge in [0, 0.05) is 26.7 Å². The van der Waals surface area contributed by atoms with Gasteiger partial charge in [0.05, 0.1) is 12.3 Å². The van der Waals surface area contributed by atoms with E-state index in [4.69, 9.17) is 4.74 Å². The van der Waals surface area contributed by atoms with Crippen LogP contribution in [0.3, 0.4) is 0 Å². The third-order valence-corrected chi connectivity index (χ3v) is 3.81. The van der Waals surface area contributed by atoms with Gasteiger partial charge in [0.2, 0.25) is 0 Å². The fourth-order valence-corrected chi connectivity index (χ4v) is 2.75. The van der Waals surface area contributed by atoms with Crippen molar-refractivity contribution in [3.63, 3.8) is 0 Å². The van der Waals surface area contributed by atoms with Crippen LogP contribution in [-0.4, -0.2) is 43.5 Å². The second-order valence-corrected chi connectivity index (χ2v) is 6.32. The average Bonchev–Trinajstić information content (AvgIpc) is 2.48. The Hall–Kier alpha value is -1.20. The van der Waals surface area contributed by atoms with Gasteiger partial charge in [-0.25, -0.2) is 0 Å². The molecule has 5 nitrogen and oxygen atoms in total. The molecule has 1 aromatic rings. The van der Waals surface area contributed by atoms with E-state index in [-0.39, 0.29) is 0 Å². The van der Waals surface area contributed by atoms with Crippen LogP contribution in [0, 0.1) is 11.8 Å². The van der Waals surface area contributed by atoms with E-state index in [9.17, 15) is 0 Å². The van der Waals surface area contributed by atoms with E-state index in [2.05, 4.69) is 46.4 Å². The monoisotopic (exact) mass is 292 g/mol. The third-order valence-electron chi connectivity index (χ3n) is 3.81. The van der Waals surface area contributed by atoms with Crippen molar-refractivity contribution in [3.8, 4) is 0 Å². The van der Waals surface area contributed by atoms with E-state index in [0.717, 1.165) is 44.3 Å². The van der Waals surface area contributed by atoms with Gasteiger partial charge in [0.25, 0.3) is 0 Å². The lowest BCUT2D eigenvalue weighted by Crippen LogP contribution is -2.37. The molecule has 0 spiro atoms. The number of nitrogens with one attached hydrogen (secondary N) is 1. The van der Waals surface area contributed by atoms with Gasteiger partial charge < -0.3 is 15.0 Å². The van der Waals surface area contributed by atoms with Crippen molar-refractivity contribution in [3.05, 3.63) is 17.8 Å². The summed E-state index contributed by atoms with van der Waals surface area (Å²) in [6, 6.07) is 4.17. The quantitative estimate of drug-likeness (QED) is 0.834. The lowest BCUT2D eigenvalue weighted by Gasteiger charge is -2.32. The van der Waals surface area contributed by atoms with Gasteiger partial charge in [-0.15, -0.1) is 5.10 Å². The molecule has 1 aromatic heterocycles. The number of hydrogen-bond donors (Lipinski definition) is 1. The Kier molecular flexibility index (Phi) is 6.39. The second-order valence-electron chi connectivity index (χ2n) is 6.32. The van der Waals surface area contributed by atoms with E-state index in [1.807, 2.05) is 0 Å². The van der Waals surface area contributed by atoms with Gasteiger partial charge in [-0.3, -0.25) is 0 Å². The Morgan fingerprint density at radius 3 is 2.90 bits per heavy atom. The van der Waals surface area contributed by atoms with Crippen molar-refractivity contribution in [2.45, 2.75) is 33.2 Å². The van der Waals surface area contributed by atoms with Crippen molar-refractivity contribution < 1.29 is 4.74 Å². The van der Waals surface area contributed by atoms with Crippen molar-refractivity contribution in [2.24, 2.45) is 11.8 Å². The molecule has 21 heavy (non-hydrogen) atoms. The van der Waals surface area contributed by atoms with Crippen molar-refractivity contribution in [1.29, 1.82) is 0 Å². The Labute approximate surface area is 128 Å². The maximum Gasteiger partial charge on any atom is 0.151 e. The summed E-state index contributed by atoms with van der Waals surface area (Å²) in [7, 11) is 1.78. The zero-order valence-electron chi connectivity index (χ0n) is 13.5. The van der Waals surface area contributed by atoms with Gasteiger partial charge in [-0.05, 0) is 43.4 Å². The van der Waals surface area contributed by atoms with E-state index in [0.29, 0.717) is 11.8 Å². The first-order valence-electron chi connectivity index (χ1n) is 7.96. The SMILES string of the molecule is COCC1CCCN(c2ccc(CNCC(C)C)nn2)C1. The third kappa shape index (κ3) is 5.25. The molecule has 0 radical (unpaired) electrons. The Morgan fingerprint density at radius 2 is 2.24 bits per heavy atom. The average molecular weight is 292 g/mol. The Balaban J connectivity index is 1.86. The van der Waals surface area contributed by atoms with Crippen LogP contribution in [0.4, 0.5) is 5.82 Å². The van der Waals surface area contributed by atoms with Gasteiger partial charge >= 0.3 is 0 Å². The molecule has 1 unspecified atom stereocenters. The Morgan fingerprint density at radius 1 is 1.38 bits per heavy atom. The predicted octanol–water partition coefficient (Wildman–Crippen LogP) is 2.08. The molecule has 0 amide bonds. The first-order valence-corrected chi connectivity index (χ1v) is 7.96. The molecule has 1 N–H and O–H groups in total. The molecular formula is C16H28N4O. The summed E-state index contributed by atoms with van der Waals surface area (Å²) in [5, 5.41) is 12.1. The summed E-state index contributed by atoms with van der Waals surface area (Å²) in [5.41, 5.74) is 1.00. The summed E-state index contributed by atoms with van der Waals surface area (Å²) in [6.45, 7) is 9.13. The molecule has 1 fully saturated rings. The van der Waals surface area contributed by atoms with Crippen LogP contribution in [0.2, 0.25) is 0 Å². The lowest BCUT2D eigenvalue weighted by atomic mass is 9.99. The van der Waals surface area contributed by atoms with Gasteiger partial charge in [0.1, 0.15) is 0 Å². The van der Waals surface area contributed by atoms with Crippen molar-refractivity contribution in [1.82, 2.24) is 15.5 Å². The summed E-state index contributed by atoms with van der Waals surface area (Å²) >= 11 is 0. The smallest absolute Gasteiger partial charge is 0.151 e. The predicted molar refractivity (Wildman–Crippen MR) is 85.4 cm³/mol. The van der Waals surface area contributed by atoms with E-state index in [1.54, 1.807) is 7.11 Å². The summed E-state index contributed by atoms with van der Waals surface area (Å²) in [5.74, 6) is 2.25. The highest BCUT2D eigenvalue weighted by Crippen LogP contribution is 2.21. The summed E-state index contributed by atoms with van der Waals surface area (Å²) < 4.78 is 5.28. The minimum absolute atomic E-state index is 0.609. The standard InChI is InChI=1S/C16H28N4O/c1-13(2)9-17-10-15-6-7-16(19-18-15)20-8-4-5-14(11-20)12-21-3/h6-7,13-14,17H,4-5,8-12H2,1-3H3. The molecule has 0 aromatic carbocycles. The lowest BCUT2D eigenvalue weighted by molar-refractivity contribution is 0.143. The molecule has 1 aliphatic heterocycles. The minimum atomic E-state index is 0.609. The first-order chi connectivity index (χ1) is 10.2. The summed E-state index contributed by atoms with van der Waals surface area (Å²) in [4.78, 5) is 2.32. The van der Waals surface area contributed by atoms with Crippen LogP contribution in [-0.2, 0) is 11.3 Å². The van der Waals surface area contributed by atoms with E-state index >= 15 is 0 Å². The van der Waals surface area contributed by atoms with Crippen LogP contribution in [0.5, 0.6) is 0 Å². The number of aromatic nitrogens is 2. The molecule has 0 saturated carbocycles. The maximum absolute atomic E-state index is 5.28. The van der Waals surface area contributed by atoms with Gasteiger partial charge in [-0.2, -0.15) is 5.10 Å². The molecule has 2 rings (SSSR count). The number of nitrogens with zero attached hydrogens (tertiary/aromatic N) is 3. The molecule has 118 valence electrons. The van der Waals surface area contributed by atoms with Crippen LogP contribution in [0.25, 0.3) is 0 Å². The van der Waals surface area contributed by atoms with Crippen LogP contribution < -0.4 is 10.2 Å². The number of anilines is 1. The van der Waals surface area contributed by atoms with Crippen LogP contribution >= 0.6 is 0 Å². The van der Waals surface area contributed by atoms with E-state index in [1.165, 1.54) is 12.8 Å². The first kappa shape index (κ1) is 16.2. The van der Waals surface area contributed by atoms with Crippen LogP contribution in [0.15, 0.2) is 12.1 Å². The highest BCUT2D eigenvalue weighted by atomic mass is 16.5. The second kappa shape index (κ2) is 8.29. The fraction of sp³-hybridized carbons (Fsp3) is 0.750. The van der Waals surface area contributed by atoms with Crippen molar-refractivity contribution in [2.75, 3.05) is 38.3 Å². The highest BCUT2D eigenvalue weighted by Gasteiger charge is 2.20. The highest BCUT2D eigenvalue weighted by molar-refractivity contribution is 5.37. The number of ether oxygens (including phenoxy) is 1. The van der Waals surface area contributed by atoms with Crippen LogP contribution in [0.1, 0.15) is 32.4 Å². The van der Waals surface area contributed by atoms with Gasteiger partial charge in [-0.1, -0.05) is 13.8 Å². The molecular weight excluding hydrogens is 264 g/mol. The Bertz CT molecular complexity index is 405.